The predicted molar refractivity (Wildman–Crippen MR) is 95.4 cm³/mol. The lowest BCUT2D eigenvalue weighted by molar-refractivity contribution is -0.123. The first kappa shape index (κ1) is 18.1. The van der Waals surface area contributed by atoms with E-state index in [1.54, 1.807) is 0 Å². The molecule has 0 aromatic heterocycles. The zero-order chi connectivity index (χ0) is 16.8. The van der Waals surface area contributed by atoms with E-state index < -0.39 is 0 Å². The highest BCUT2D eigenvalue weighted by molar-refractivity contribution is 6.31. The number of halogens is 1. The van der Waals surface area contributed by atoms with Gasteiger partial charge in [-0.1, -0.05) is 51.1 Å². The summed E-state index contributed by atoms with van der Waals surface area (Å²) >= 11 is 6.20. The summed E-state index contributed by atoms with van der Waals surface area (Å²) in [4.78, 5) is 12.2. The van der Waals surface area contributed by atoms with Crippen molar-refractivity contribution in [2.45, 2.75) is 71.3 Å². The number of carbonyl (C=O) groups is 1. The maximum absolute atomic E-state index is 12.2. The molecule has 1 fully saturated rings. The third-order valence-corrected chi connectivity index (χ3v) is 4.90. The summed E-state index contributed by atoms with van der Waals surface area (Å²) in [5, 5.41) is 3.85. The number of hydrogen-bond acceptors (Lipinski definition) is 2. The van der Waals surface area contributed by atoms with Gasteiger partial charge in [0.1, 0.15) is 5.75 Å². The van der Waals surface area contributed by atoms with Gasteiger partial charge in [0.05, 0.1) is 0 Å². The van der Waals surface area contributed by atoms with Crippen LogP contribution < -0.4 is 10.1 Å². The molecule has 1 amide bonds. The second kappa shape index (κ2) is 8.58. The number of ether oxygens (including phenoxy) is 1. The molecule has 1 aliphatic rings. The highest BCUT2D eigenvalue weighted by Crippen LogP contribution is 2.32. The molecular weight excluding hydrogens is 310 g/mol. The van der Waals surface area contributed by atoms with Crippen LogP contribution in [0.3, 0.4) is 0 Å². The molecule has 1 N–H and O–H groups in total. The zero-order valence-corrected chi connectivity index (χ0v) is 15.2. The molecule has 0 radical (unpaired) electrons. The van der Waals surface area contributed by atoms with Gasteiger partial charge in [-0.15, -0.1) is 0 Å². The molecular formula is C19H28ClNO2. The summed E-state index contributed by atoms with van der Waals surface area (Å²) in [7, 11) is 0. The minimum atomic E-state index is -0.0285. The number of hydrogen-bond donors (Lipinski definition) is 1. The van der Waals surface area contributed by atoms with E-state index in [1.165, 1.54) is 25.7 Å². The Hall–Kier alpha value is -1.22. The van der Waals surface area contributed by atoms with Gasteiger partial charge in [0, 0.05) is 11.1 Å². The molecule has 0 atom stereocenters. The highest BCUT2D eigenvalue weighted by Gasteiger charge is 2.16. The van der Waals surface area contributed by atoms with Crippen LogP contribution in [0.15, 0.2) is 12.1 Å². The summed E-state index contributed by atoms with van der Waals surface area (Å²) in [6.45, 7) is 6.21. The second-order valence-electron chi connectivity index (χ2n) is 6.84. The maximum atomic E-state index is 12.2. The first-order chi connectivity index (χ1) is 11.0. The zero-order valence-electron chi connectivity index (χ0n) is 14.5. The summed E-state index contributed by atoms with van der Waals surface area (Å²) in [5.74, 6) is 1.03. The fraction of sp³-hybridized carbons (Fsp3) is 0.632. The SMILES string of the molecule is Cc1cc(OCC(=O)NC2CCCCCC2)c(C(C)C)cc1Cl. The molecule has 128 valence electrons. The van der Waals surface area contributed by atoms with Crippen molar-refractivity contribution in [1.29, 1.82) is 0 Å². The number of aryl methyl sites for hydroxylation is 1. The van der Waals surface area contributed by atoms with Gasteiger partial charge in [-0.05, 0) is 48.9 Å². The number of carbonyl (C=O) groups excluding carboxylic acids is 1. The monoisotopic (exact) mass is 337 g/mol. The Balaban J connectivity index is 1.94. The molecule has 1 aromatic rings. The topological polar surface area (TPSA) is 38.3 Å². The van der Waals surface area contributed by atoms with Crippen LogP contribution in [0.4, 0.5) is 0 Å². The first-order valence-electron chi connectivity index (χ1n) is 8.69. The van der Waals surface area contributed by atoms with Crippen LogP contribution in [0.5, 0.6) is 5.75 Å². The van der Waals surface area contributed by atoms with E-state index in [4.69, 9.17) is 16.3 Å². The van der Waals surface area contributed by atoms with Crippen LogP contribution in [0.25, 0.3) is 0 Å². The van der Waals surface area contributed by atoms with E-state index in [0.717, 1.165) is 34.7 Å². The largest absolute Gasteiger partial charge is 0.483 e. The smallest absolute Gasteiger partial charge is 0.258 e. The Morgan fingerprint density at radius 2 is 1.91 bits per heavy atom. The summed E-state index contributed by atoms with van der Waals surface area (Å²) in [6.07, 6.45) is 7.15. The van der Waals surface area contributed by atoms with Crippen LogP contribution in [0.1, 0.15) is 69.4 Å². The fourth-order valence-electron chi connectivity index (χ4n) is 3.08. The predicted octanol–water partition coefficient (Wildman–Crippen LogP) is 4.99. The minimum absolute atomic E-state index is 0.0285. The molecule has 0 heterocycles. The Morgan fingerprint density at radius 3 is 2.52 bits per heavy atom. The maximum Gasteiger partial charge on any atom is 0.258 e. The Labute approximate surface area is 144 Å². The van der Waals surface area contributed by atoms with Gasteiger partial charge in [-0.3, -0.25) is 4.79 Å². The molecule has 1 aliphatic carbocycles. The van der Waals surface area contributed by atoms with Gasteiger partial charge in [-0.2, -0.15) is 0 Å². The van der Waals surface area contributed by atoms with Gasteiger partial charge in [0.15, 0.2) is 6.61 Å². The Morgan fingerprint density at radius 1 is 1.26 bits per heavy atom. The normalized spacial score (nSPS) is 16.2. The lowest BCUT2D eigenvalue weighted by atomic mass is 10.0. The molecule has 0 unspecified atom stereocenters. The summed E-state index contributed by atoms with van der Waals surface area (Å²) in [5.41, 5.74) is 2.01. The highest BCUT2D eigenvalue weighted by atomic mass is 35.5. The van der Waals surface area contributed by atoms with Gasteiger partial charge < -0.3 is 10.1 Å². The van der Waals surface area contributed by atoms with E-state index in [1.807, 2.05) is 19.1 Å². The number of rotatable bonds is 5. The second-order valence-corrected chi connectivity index (χ2v) is 7.25. The van der Waals surface area contributed by atoms with Crippen LogP contribution in [0.2, 0.25) is 5.02 Å². The summed E-state index contributed by atoms with van der Waals surface area (Å²) < 4.78 is 5.80. The van der Waals surface area contributed by atoms with E-state index in [9.17, 15) is 4.79 Å². The molecule has 0 aliphatic heterocycles. The van der Waals surface area contributed by atoms with Gasteiger partial charge in [0.25, 0.3) is 5.91 Å². The van der Waals surface area contributed by atoms with E-state index >= 15 is 0 Å². The average molecular weight is 338 g/mol. The first-order valence-corrected chi connectivity index (χ1v) is 9.07. The van der Waals surface area contributed by atoms with Gasteiger partial charge in [0.2, 0.25) is 0 Å². The van der Waals surface area contributed by atoms with Crippen molar-refractivity contribution >= 4 is 17.5 Å². The standard InChI is InChI=1S/C19H28ClNO2/c1-13(2)16-11-17(20)14(3)10-18(16)23-12-19(22)21-15-8-6-4-5-7-9-15/h10-11,13,15H,4-9,12H2,1-3H3,(H,21,22). The van der Waals surface area contributed by atoms with Crippen molar-refractivity contribution in [3.05, 3.63) is 28.3 Å². The summed E-state index contributed by atoms with van der Waals surface area (Å²) in [6, 6.07) is 4.18. The van der Waals surface area contributed by atoms with Crippen LogP contribution in [-0.4, -0.2) is 18.6 Å². The van der Waals surface area contributed by atoms with Crippen LogP contribution >= 0.6 is 11.6 Å². The number of nitrogens with one attached hydrogen (secondary N) is 1. The lowest BCUT2D eigenvalue weighted by Crippen LogP contribution is -2.37. The van der Waals surface area contributed by atoms with Crippen molar-refractivity contribution in [1.82, 2.24) is 5.32 Å². The van der Waals surface area contributed by atoms with Crippen LogP contribution in [0, 0.1) is 6.92 Å². The van der Waals surface area contributed by atoms with Gasteiger partial charge >= 0.3 is 0 Å². The molecule has 2 rings (SSSR count). The molecule has 0 bridgehead atoms. The minimum Gasteiger partial charge on any atom is -0.483 e. The van der Waals surface area contributed by atoms with Gasteiger partial charge in [-0.25, -0.2) is 0 Å². The lowest BCUT2D eigenvalue weighted by Gasteiger charge is -2.18. The average Bonchev–Trinajstić information content (AvgIpc) is 2.76. The Bertz CT molecular complexity index is 534. The number of amides is 1. The molecule has 3 nitrogen and oxygen atoms in total. The molecule has 0 spiro atoms. The van der Waals surface area contributed by atoms with Crippen molar-refractivity contribution in [2.75, 3.05) is 6.61 Å². The molecule has 4 heteroatoms. The Kier molecular flexibility index (Phi) is 6.76. The quantitative estimate of drug-likeness (QED) is 0.769. The van der Waals surface area contributed by atoms with E-state index in [2.05, 4.69) is 19.2 Å². The third-order valence-electron chi connectivity index (χ3n) is 4.49. The number of benzene rings is 1. The fourth-order valence-corrected chi connectivity index (χ4v) is 3.26. The van der Waals surface area contributed by atoms with Crippen molar-refractivity contribution in [3.8, 4) is 5.75 Å². The molecule has 1 saturated carbocycles. The van der Waals surface area contributed by atoms with Crippen molar-refractivity contribution < 1.29 is 9.53 Å². The third kappa shape index (κ3) is 5.42. The van der Waals surface area contributed by atoms with Crippen molar-refractivity contribution in [2.24, 2.45) is 0 Å². The molecule has 23 heavy (non-hydrogen) atoms. The van der Waals surface area contributed by atoms with Crippen LogP contribution in [-0.2, 0) is 4.79 Å². The molecule has 1 aromatic carbocycles. The van der Waals surface area contributed by atoms with Crippen molar-refractivity contribution in [3.63, 3.8) is 0 Å². The molecule has 0 saturated heterocycles. The van der Waals surface area contributed by atoms with E-state index in [0.29, 0.717) is 12.0 Å². The van der Waals surface area contributed by atoms with E-state index in [-0.39, 0.29) is 12.5 Å².